The first-order valence-electron chi connectivity index (χ1n) is 8.21. The van der Waals surface area contributed by atoms with Gasteiger partial charge in [0.1, 0.15) is 0 Å². The van der Waals surface area contributed by atoms with E-state index in [0.29, 0.717) is 0 Å². The van der Waals surface area contributed by atoms with Crippen LogP contribution >= 0.6 is 0 Å². The summed E-state index contributed by atoms with van der Waals surface area (Å²) in [6.07, 6.45) is 26.1. The van der Waals surface area contributed by atoms with E-state index in [1.54, 1.807) is 0 Å². The minimum Gasteiger partial charge on any atom is -0.283 e. The molecule has 0 fully saturated rings. The van der Waals surface area contributed by atoms with Gasteiger partial charge in [0.15, 0.2) is 0 Å². The molecule has 2 heterocycles. The normalized spacial score (nSPS) is 18.2. The average Bonchev–Trinajstić information content (AvgIpc) is 3.30. The molecule has 4 rings (SSSR count). The minimum absolute atomic E-state index is 0.816. The van der Waals surface area contributed by atoms with E-state index in [1.165, 1.54) is 16.7 Å². The van der Waals surface area contributed by atoms with Crippen molar-refractivity contribution in [3.63, 3.8) is 0 Å². The molecule has 0 saturated heterocycles. The number of aliphatic imine (C=N–C) groups is 1. The molecule has 0 aromatic carbocycles. The zero-order valence-electron chi connectivity index (χ0n) is 13.4. The number of rotatable bonds is 3. The average molecular weight is 310 g/mol. The molecule has 0 saturated carbocycles. The van der Waals surface area contributed by atoms with Crippen molar-refractivity contribution in [1.29, 1.82) is 0 Å². The fraction of sp³-hybridized carbons (Fsp3) is 0.0909. The van der Waals surface area contributed by atoms with E-state index in [2.05, 4.69) is 70.7 Å². The van der Waals surface area contributed by atoms with Gasteiger partial charge in [-0.25, -0.2) is 0 Å². The van der Waals surface area contributed by atoms with Crippen LogP contribution in [0.25, 0.3) is 6.08 Å². The van der Waals surface area contributed by atoms with Crippen molar-refractivity contribution in [2.75, 3.05) is 6.54 Å². The fourth-order valence-corrected chi connectivity index (χ4v) is 2.92. The lowest BCUT2D eigenvalue weighted by atomic mass is 10.0. The van der Waals surface area contributed by atoms with Gasteiger partial charge in [-0.05, 0) is 53.0 Å². The molecule has 0 unspecified atom stereocenters. The molecule has 1 aliphatic heterocycles. The molecular weight excluding hydrogens is 292 g/mol. The Balaban J connectivity index is 1.61. The first kappa shape index (κ1) is 14.6. The van der Waals surface area contributed by atoms with Crippen LogP contribution in [0.4, 0.5) is 0 Å². The van der Waals surface area contributed by atoms with Gasteiger partial charge in [0, 0.05) is 12.7 Å². The Kier molecular flexibility index (Phi) is 4.03. The molecule has 0 amide bonds. The highest BCUT2D eigenvalue weighted by Crippen LogP contribution is 2.19. The molecule has 1 aromatic rings. The van der Waals surface area contributed by atoms with Crippen molar-refractivity contribution in [3.8, 4) is 0 Å². The van der Waals surface area contributed by atoms with Crippen LogP contribution in [0.5, 0.6) is 0 Å². The summed E-state index contributed by atoms with van der Waals surface area (Å²) < 4.78 is 0. The molecule has 2 nitrogen and oxygen atoms in total. The lowest BCUT2D eigenvalue weighted by molar-refractivity contribution is 0.955. The van der Waals surface area contributed by atoms with Gasteiger partial charge in [0.2, 0.25) is 0 Å². The van der Waals surface area contributed by atoms with Gasteiger partial charge in [0.05, 0.1) is 11.4 Å². The Hall–Kier alpha value is -3.00. The topological polar surface area (TPSA) is 25.2 Å². The van der Waals surface area contributed by atoms with E-state index in [-0.39, 0.29) is 0 Å². The Bertz CT molecular complexity index is 872. The van der Waals surface area contributed by atoms with E-state index in [1.807, 2.05) is 24.4 Å². The van der Waals surface area contributed by atoms with E-state index in [4.69, 9.17) is 0 Å². The van der Waals surface area contributed by atoms with Crippen LogP contribution in [0.3, 0.4) is 0 Å². The van der Waals surface area contributed by atoms with E-state index in [0.717, 1.165) is 29.9 Å². The molecule has 116 valence electrons. The van der Waals surface area contributed by atoms with Gasteiger partial charge in [-0.15, -0.1) is 0 Å². The molecule has 2 heteroatoms. The third-order valence-electron chi connectivity index (χ3n) is 4.11. The second-order valence-electron chi connectivity index (χ2n) is 5.94. The Labute approximate surface area is 142 Å². The number of dihydropyridines is 1. The molecule has 2 aliphatic carbocycles. The number of allylic oxidation sites excluding steroid dienone is 12. The van der Waals surface area contributed by atoms with Crippen molar-refractivity contribution in [2.24, 2.45) is 4.99 Å². The summed E-state index contributed by atoms with van der Waals surface area (Å²) in [5, 5.41) is 0. The summed E-state index contributed by atoms with van der Waals surface area (Å²) in [4.78, 5) is 9.18. The summed E-state index contributed by atoms with van der Waals surface area (Å²) in [5.74, 6) is 0. The van der Waals surface area contributed by atoms with Crippen molar-refractivity contribution in [2.45, 2.75) is 6.42 Å². The summed E-state index contributed by atoms with van der Waals surface area (Å²) in [6.45, 7) is 0.816. The first-order chi connectivity index (χ1) is 11.9. The zero-order chi connectivity index (χ0) is 16.2. The predicted octanol–water partition coefficient (Wildman–Crippen LogP) is 4.76. The standard InChI is InChI=1S/C22H18N2/c1-2-6-17(5-1)13-19-9-11-23-21(15-19)22-16-20(10-12-24-22)14-18-7-3-4-8-18/h1-9,11,13-16H,10,12H2. The molecule has 1 aromatic heterocycles. The largest absolute Gasteiger partial charge is 0.283 e. The van der Waals surface area contributed by atoms with Gasteiger partial charge in [0.25, 0.3) is 0 Å². The second kappa shape index (κ2) is 6.63. The smallest absolute Gasteiger partial charge is 0.0887 e. The maximum atomic E-state index is 4.66. The van der Waals surface area contributed by atoms with Crippen molar-refractivity contribution in [3.05, 3.63) is 107 Å². The first-order valence-corrected chi connectivity index (χ1v) is 8.21. The Morgan fingerprint density at radius 3 is 2.33 bits per heavy atom. The van der Waals surface area contributed by atoms with Gasteiger partial charge >= 0.3 is 0 Å². The SMILES string of the molecule is C1=CC(=CC2=CC(c3cc(C=C4C=CC=C4)ccn3)=NCC2)C=C1. The van der Waals surface area contributed by atoms with Crippen molar-refractivity contribution >= 4 is 11.8 Å². The minimum atomic E-state index is 0.816. The maximum absolute atomic E-state index is 4.66. The zero-order valence-corrected chi connectivity index (χ0v) is 13.4. The van der Waals surface area contributed by atoms with Crippen LogP contribution in [0.1, 0.15) is 17.7 Å². The summed E-state index contributed by atoms with van der Waals surface area (Å²) in [7, 11) is 0. The van der Waals surface area contributed by atoms with Crippen molar-refractivity contribution in [1.82, 2.24) is 4.98 Å². The molecule has 0 atom stereocenters. The molecule has 3 aliphatic rings. The third-order valence-corrected chi connectivity index (χ3v) is 4.11. The lowest BCUT2D eigenvalue weighted by Gasteiger charge is -2.11. The number of hydrogen-bond donors (Lipinski definition) is 0. The second-order valence-corrected chi connectivity index (χ2v) is 5.94. The van der Waals surface area contributed by atoms with E-state index >= 15 is 0 Å². The van der Waals surface area contributed by atoms with Crippen LogP contribution in [-0.2, 0) is 0 Å². The van der Waals surface area contributed by atoms with Crippen LogP contribution in [-0.4, -0.2) is 17.2 Å². The van der Waals surface area contributed by atoms with Crippen molar-refractivity contribution < 1.29 is 0 Å². The van der Waals surface area contributed by atoms with Gasteiger partial charge in [-0.3, -0.25) is 9.98 Å². The molecule has 0 N–H and O–H groups in total. The van der Waals surface area contributed by atoms with E-state index in [9.17, 15) is 0 Å². The van der Waals surface area contributed by atoms with E-state index < -0.39 is 0 Å². The van der Waals surface area contributed by atoms with Gasteiger partial charge in [-0.1, -0.05) is 54.7 Å². The number of pyridine rings is 1. The van der Waals surface area contributed by atoms with Crippen LogP contribution in [0.2, 0.25) is 0 Å². The summed E-state index contributed by atoms with van der Waals surface area (Å²) in [5.41, 5.74) is 6.81. The Morgan fingerprint density at radius 2 is 1.58 bits per heavy atom. The molecule has 24 heavy (non-hydrogen) atoms. The number of aromatic nitrogens is 1. The highest BCUT2D eigenvalue weighted by molar-refractivity contribution is 6.08. The maximum Gasteiger partial charge on any atom is 0.0887 e. The summed E-state index contributed by atoms with van der Waals surface area (Å²) in [6, 6.07) is 4.13. The Morgan fingerprint density at radius 1 is 0.875 bits per heavy atom. The predicted molar refractivity (Wildman–Crippen MR) is 101 cm³/mol. The quantitative estimate of drug-likeness (QED) is 0.790. The van der Waals surface area contributed by atoms with Crippen LogP contribution in [0, 0.1) is 0 Å². The number of nitrogens with zero attached hydrogens (tertiary/aromatic N) is 2. The van der Waals surface area contributed by atoms with Crippen LogP contribution in [0.15, 0.2) is 101 Å². The third kappa shape index (κ3) is 3.33. The summed E-state index contributed by atoms with van der Waals surface area (Å²) >= 11 is 0. The molecular formula is C22H18N2. The highest BCUT2D eigenvalue weighted by Gasteiger charge is 2.10. The van der Waals surface area contributed by atoms with Crippen LogP contribution < -0.4 is 0 Å². The molecule has 0 spiro atoms. The van der Waals surface area contributed by atoms with Gasteiger partial charge in [-0.2, -0.15) is 0 Å². The highest BCUT2D eigenvalue weighted by atomic mass is 14.8. The van der Waals surface area contributed by atoms with Gasteiger partial charge < -0.3 is 0 Å². The number of hydrogen-bond acceptors (Lipinski definition) is 2. The monoisotopic (exact) mass is 310 g/mol. The lowest BCUT2D eigenvalue weighted by Crippen LogP contribution is -2.07. The molecule has 0 bridgehead atoms. The fourth-order valence-electron chi connectivity index (χ4n) is 2.92. The molecule has 0 radical (unpaired) electrons.